The zero-order valence-electron chi connectivity index (χ0n) is 31.1. The lowest BCUT2D eigenvalue weighted by Gasteiger charge is -2.35. The normalized spacial score (nSPS) is 24.4. The van der Waals surface area contributed by atoms with Crippen molar-refractivity contribution in [2.75, 3.05) is 13.7 Å². The van der Waals surface area contributed by atoms with E-state index < -0.39 is 80.1 Å². The molecule has 0 unspecified atom stereocenters. The Hall–Kier alpha value is -4.24. The lowest BCUT2D eigenvalue weighted by atomic mass is 9.77. The molecule has 15 heteroatoms. The van der Waals surface area contributed by atoms with E-state index in [2.05, 4.69) is 16.9 Å². The maximum atomic E-state index is 14.5. The summed E-state index contributed by atoms with van der Waals surface area (Å²) < 4.78 is 49.9. The fraction of sp³-hybridized carbons (Fsp3) is 0.595. The van der Waals surface area contributed by atoms with Gasteiger partial charge in [-0.3, -0.25) is 19.2 Å². The number of carbonyl (C=O) groups is 4. The molecule has 1 aromatic heterocycles. The largest absolute Gasteiger partial charge is 0.497 e. The number of likely N-dealkylation sites (tertiary alicyclic amines) is 1. The summed E-state index contributed by atoms with van der Waals surface area (Å²) in [6.45, 7) is 16.1. The minimum atomic E-state index is -4.48. The second-order valence-electron chi connectivity index (χ2n) is 16.3. The molecule has 3 fully saturated rings. The molecule has 52 heavy (non-hydrogen) atoms. The summed E-state index contributed by atoms with van der Waals surface area (Å²) in [5.74, 6) is -3.21. The van der Waals surface area contributed by atoms with E-state index in [0.717, 1.165) is 5.39 Å². The molecule has 2 heterocycles. The molecule has 3 amide bonds. The molecule has 5 atom stereocenters. The number of methoxy groups -OCH3 is 1. The van der Waals surface area contributed by atoms with Crippen molar-refractivity contribution in [3.63, 3.8) is 0 Å². The molecule has 1 saturated heterocycles. The van der Waals surface area contributed by atoms with Gasteiger partial charge in [0, 0.05) is 23.9 Å². The van der Waals surface area contributed by atoms with Crippen LogP contribution in [0.2, 0.25) is 0 Å². The van der Waals surface area contributed by atoms with E-state index in [1.165, 1.54) is 11.0 Å². The molecule has 2 N–H and O–H groups in total. The second-order valence-corrected chi connectivity index (χ2v) is 17.6. The van der Waals surface area contributed by atoms with Gasteiger partial charge in [0.15, 0.2) is 0 Å². The van der Waals surface area contributed by atoms with Gasteiger partial charge in [-0.1, -0.05) is 26.8 Å². The molecule has 1 aliphatic heterocycles. The lowest BCUT2D eigenvalue weighted by molar-refractivity contribution is -0.161. The van der Waals surface area contributed by atoms with Crippen molar-refractivity contribution in [2.45, 2.75) is 109 Å². The number of hydrogen-bond donors (Lipinski definition) is 2. The molecular formula is C37H50N4O10S. The second kappa shape index (κ2) is 14.0. The van der Waals surface area contributed by atoms with Crippen molar-refractivity contribution in [2.24, 2.45) is 17.3 Å². The molecule has 2 aromatic rings. The van der Waals surface area contributed by atoms with Gasteiger partial charge in [-0.2, -0.15) is 8.42 Å². The van der Waals surface area contributed by atoms with E-state index in [4.69, 9.17) is 18.4 Å². The van der Waals surface area contributed by atoms with E-state index >= 15 is 0 Å². The Morgan fingerprint density at radius 1 is 1.12 bits per heavy atom. The van der Waals surface area contributed by atoms with Crippen molar-refractivity contribution >= 4 is 44.8 Å². The number of carbonyl (C=O) groups excluding carboxylic acids is 4. The van der Waals surface area contributed by atoms with Crippen molar-refractivity contribution in [3.8, 4) is 11.6 Å². The Labute approximate surface area is 305 Å². The summed E-state index contributed by atoms with van der Waals surface area (Å²) in [4.78, 5) is 61.2. The van der Waals surface area contributed by atoms with Crippen LogP contribution in [0.4, 0.5) is 0 Å². The van der Waals surface area contributed by atoms with E-state index in [1.807, 2.05) is 37.6 Å². The van der Waals surface area contributed by atoms with E-state index in [0.29, 0.717) is 29.9 Å². The molecule has 1 aromatic carbocycles. The van der Waals surface area contributed by atoms with Crippen LogP contribution in [0.15, 0.2) is 43.1 Å². The first-order chi connectivity index (χ1) is 24.1. The topological polar surface area (TPSA) is 180 Å². The van der Waals surface area contributed by atoms with Crippen molar-refractivity contribution in [1.82, 2.24) is 19.9 Å². The van der Waals surface area contributed by atoms with Crippen molar-refractivity contribution in [3.05, 3.63) is 43.1 Å². The Morgan fingerprint density at radius 3 is 2.38 bits per heavy atom. The number of hydrogen-bond acceptors (Lipinski definition) is 11. The third-order valence-corrected chi connectivity index (χ3v) is 10.8. The van der Waals surface area contributed by atoms with Gasteiger partial charge in [-0.15, -0.1) is 6.58 Å². The number of esters is 1. The number of benzene rings is 1. The monoisotopic (exact) mass is 742 g/mol. The molecule has 3 aliphatic rings. The summed E-state index contributed by atoms with van der Waals surface area (Å²) >= 11 is 0. The number of aromatic nitrogens is 1. The van der Waals surface area contributed by atoms with Gasteiger partial charge in [0.05, 0.1) is 31.6 Å². The van der Waals surface area contributed by atoms with Gasteiger partial charge in [0.2, 0.25) is 17.7 Å². The van der Waals surface area contributed by atoms with Crippen LogP contribution in [0.25, 0.3) is 10.8 Å². The molecule has 14 nitrogen and oxygen atoms in total. The Morgan fingerprint density at radius 2 is 1.81 bits per heavy atom. The number of fused-ring (bicyclic) bond motifs is 1. The zero-order valence-corrected chi connectivity index (χ0v) is 31.9. The molecule has 284 valence electrons. The fourth-order valence-electron chi connectivity index (χ4n) is 6.48. The van der Waals surface area contributed by atoms with Crippen molar-refractivity contribution < 1.29 is 46.0 Å². The third kappa shape index (κ3) is 8.85. The van der Waals surface area contributed by atoms with E-state index in [9.17, 15) is 27.6 Å². The van der Waals surface area contributed by atoms with Crippen LogP contribution in [0.5, 0.6) is 11.6 Å². The Kier molecular flexibility index (Phi) is 10.5. The van der Waals surface area contributed by atoms with Crippen molar-refractivity contribution in [1.29, 1.82) is 0 Å². The highest BCUT2D eigenvalue weighted by Gasteiger charge is 2.62. The Balaban J connectivity index is 1.43. The maximum absolute atomic E-state index is 14.5. The van der Waals surface area contributed by atoms with Gasteiger partial charge >= 0.3 is 16.3 Å². The number of nitrogens with one attached hydrogen (secondary N) is 2. The summed E-state index contributed by atoms with van der Waals surface area (Å²) in [7, 11) is -2.91. The third-order valence-electron chi connectivity index (χ3n) is 9.73. The quantitative estimate of drug-likeness (QED) is 0.224. The van der Waals surface area contributed by atoms with Crippen LogP contribution >= 0.6 is 0 Å². The standard InChI is InChI=1S/C37H50N4O10S/c1-10-23-20-37(23,33(45)40-52(46,47)51-36(8)14-15-36)39-30(43)28-18-25(49-31-26-12-11-24(48-9)17-22(26)13-16-38-31)21-41(28)32(44)27(34(2,3)4)19-29(42)50-35(5,6)7/h10-13,16-17,23,25,27-28H,1,14-15,18-21H2,2-9H3,(H,39,43)(H,40,45)/t23-,25-,27-,28+,37-/m1/s1. The van der Waals surface area contributed by atoms with Gasteiger partial charge < -0.3 is 24.4 Å². The van der Waals surface area contributed by atoms with Crippen LogP contribution in [-0.2, 0) is 38.4 Å². The smallest absolute Gasteiger partial charge is 0.362 e. The number of ether oxygens (including phenoxy) is 3. The summed E-state index contributed by atoms with van der Waals surface area (Å²) in [5, 5.41) is 4.26. The predicted octanol–water partition coefficient (Wildman–Crippen LogP) is 3.98. The summed E-state index contributed by atoms with van der Waals surface area (Å²) in [6, 6.07) is 6.07. The highest BCUT2D eigenvalue weighted by atomic mass is 32.2. The fourth-order valence-corrected chi connectivity index (χ4v) is 7.63. The number of nitrogens with zero attached hydrogens (tertiary/aromatic N) is 2. The zero-order chi connectivity index (χ0) is 38.4. The van der Waals surface area contributed by atoms with Gasteiger partial charge in [0.1, 0.15) is 29.0 Å². The van der Waals surface area contributed by atoms with Gasteiger partial charge in [-0.25, -0.2) is 13.9 Å². The molecule has 5 rings (SSSR count). The SMILES string of the molecule is C=C[C@@H]1C[C@]1(NC(=O)[C@@H]1C[C@@H](Oc2nccc3cc(OC)ccc23)CN1C(=O)[C@@H](CC(=O)OC(C)(C)C)C(C)(C)C)C(=O)NS(=O)(=O)OC1(C)CC1. The van der Waals surface area contributed by atoms with Crippen LogP contribution in [-0.4, -0.2) is 84.5 Å². The van der Waals surface area contributed by atoms with Crippen LogP contribution in [0.1, 0.15) is 80.6 Å². The van der Waals surface area contributed by atoms with Crippen LogP contribution in [0.3, 0.4) is 0 Å². The highest BCUT2D eigenvalue weighted by molar-refractivity contribution is 7.85. The molecule has 2 aliphatic carbocycles. The Bertz CT molecular complexity index is 1860. The average molecular weight is 743 g/mol. The maximum Gasteiger partial charge on any atom is 0.362 e. The number of amides is 3. The molecule has 0 spiro atoms. The summed E-state index contributed by atoms with van der Waals surface area (Å²) in [6.07, 6.45) is 3.27. The van der Waals surface area contributed by atoms with E-state index in [1.54, 1.807) is 53.1 Å². The number of rotatable bonds is 13. The number of pyridine rings is 1. The minimum Gasteiger partial charge on any atom is -0.497 e. The molecule has 2 saturated carbocycles. The summed E-state index contributed by atoms with van der Waals surface area (Å²) in [5.41, 5.74) is -4.01. The van der Waals surface area contributed by atoms with Crippen LogP contribution < -0.4 is 19.5 Å². The lowest BCUT2D eigenvalue weighted by Crippen LogP contribution is -2.57. The van der Waals surface area contributed by atoms with Crippen LogP contribution in [0, 0.1) is 17.3 Å². The van der Waals surface area contributed by atoms with E-state index in [-0.39, 0.29) is 25.8 Å². The first-order valence-electron chi connectivity index (χ1n) is 17.4. The molecular weight excluding hydrogens is 692 g/mol. The highest BCUT2D eigenvalue weighted by Crippen LogP contribution is 2.46. The van der Waals surface area contributed by atoms with Gasteiger partial charge in [0.25, 0.3) is 5.91 Å². The molecule has 0 bridgehead atoms. The molecule has 0 radical (unpaired) electrons. The average Bonchev–Trinajstić information content (AvgIpc) is 3.90. The first kappa shape index (κ1) is 39.0. The predicted molar refractivity (Wildman–Crippen MR) is 191 cm³/mol. The van der Waals surface area contributed by atoms with Gasteiger partial charge in [-0.05, 0) is 82.0 Å². The first-order valence-corrected chi connectivity index (χ1v) is 18.8. The minimum absolute atomic E-state index is 0.0192.